The third kappa shape index (κ3) is 4.83. The molecule has 5 rings (SSSR count). The number of aromatic nitrogens is 8. The van der Waals surface area contributed by atoms with Crippen LogP contribution < -0.4 is 10.6 Å². The first-order valence-corrected chi connectivity index (χ1v) is 10.6. The maximum atomic E-state index is 12.8. The van der Waals surface area contributed by atoms with Gasteiger partial charge in [-0.3, -0.25) is 14.3 Å². The van der Waals surface area contributed by atoms with Crippen LogP contribution in [0, 0.1) is 0 Å². The molecule has 2 N–H and O–H groups in total. The predicted molar refractivity (Wildman–Crippen MR) is 122 cm³/mol. The van der Waals surface area contributed by atoms with Crippen molar-refractivity contribution in [2.24, 2.45) is 7.05 Å². The molecule has 0 atom stereocenters. The number of rotatable bonds is 8. The van der Waals surface area contributed by atoms with E-state index in [1.54, 1.807) is 31.4 Å². The van der Waals surface area contributed by atoms with E-state index >= 15 is 0 Å². The molecular weight excluding hydrogens is 452 g/mol. The first-order valence-electron chi connectivity index (χ1n) is 10.6. The van der Waals surface area contributed by atoms with E-state index in [0.29, 0.717) is 11.6 Å². The lowest BCUT2D eigenvalue weighted by molar-refractivity contribution is 0.0939. The van der Waals surface area contributed by atoms with Crippen LogP contribution in [0.3, 0.4) is 0 Å². The zero-order valence-corrected chi connectivity index (χ0v) is 18.6. The fourth-order valence-corrected chi connectivity index (χ4v) is 3.35. The molecule has 0 aliphatic carbocycles. The van der Waals surface area contributed by atoms with E-state index in [1.807, 2.05) is 30.3 Å². The van der Waals surface area contributed by atoms with Gasteiger partial charge in [0.25, 0.3) is 11.8 Å². The van der Waals surface area contributed by atoms with Crippen LogP contribution in [-0.2, 0) is 20.3 Å². The van der Waals surface area contributed by atoms with Gasteiger partial charge >= 0.3 is 0 Å². The molecule has 0 aliphatic rings. The normalized spacial score (nSPS) is 10.9. The molecule has 0 spiro atoms. The van der Waals surface area contributed by atoms with Crippen LogP contribution in [0.4, 0.5) is 5.69 Å². The summed E-state index contributed by atoms with van der Waals surface area (Å²) < 4.78 is 8.11. The second kappa shape index (κ2) is 9.43. The van der Waals surface area contributed by atoms with Crippen molar-refractivity contribution >= 4 is 17.5 Å². The summed E-state index contributed by atoms with van der Waals surface area (Å²) in [7, 11) is 1.61. The first-order chi connectivity index (χ1) is 17.1. The summed E-state index contributed by atoms with van der Waals surface area (Å²) in [6.45, 7) is 0.373. The molecule has 35 heavy (non-hydrogen) atoms. The van der Waals surface area contributed by atoms with Crippen molar-refractivity contribution in [3.63, 3.8) is 0 Å². The van der Waals surface area contributed by atoms with Crippen LogP contribution in [0.25, 0.3) is 11.4 Å². The van der Waals surface area contributed by atoms with Crippen molar-refractivity contribution in [1.29, 1.82) is 0 Å². The lowest BCUT2D eigenvalue weighted by Crippen LogP contribution is -2.26. The topological polar surface area (TPSA) is 151 Å². The number of carbonyl (C=O) groups excluding carboxylic acids is 2. The van der Waals surface area contributed by atoms with Gasteiger partial charge in [0.05, 0.1) is 24.7 Å². The molecule has 13 nitrogen and oxygen atoms in total. The van der Waals surface area contributed by atoms with Crippen molar-refractivity contribution < 1.29 is 14.0 Å². The Morgan fingerprint density at radius 2 is 1.89 bits per heavy atom. The molecular formula is C22H20N10O3. The zero-order chi connectivity index (χ0) is 24.2. The lowest BCUT2D eigenvalue weighted by Gasteiger charge is -2.07. The molecule has 5 aromatic rings. The summed E-state index contributed by atoms with van der Waals surface area (Å²) in [4.78, 5) is 26.8. The van der Waals surface area contributed by atoms with Gasteiger partial charge in [-0.25, -0.2) is 4.68 Å². The SMILES string of the molecule is Cn1ncc(NC(=O)c2ccn(Cn3nnc(-c4ccccc4)n3)n2)c1C(=O)NCc1ccco1. The Balaban J connectivity index is 1.23. The molecule has 0 saturated carbocycles. The Bertz CT molecular complexity index is 1450. The minimum atomic E-state index is -0.492. The van der Waals surface area contributed by atoms with E-state index in [2.05, 4.69) is 36.2 Å². The van der Waals surface area contributed by atoms with Gasteiger partial charge in [-0.2, -0.15) is 10.2 Å². The monoisotopic (exact) mass is 472 g/mol. The third-order valence-electron chi connectivity index (χ3n) is 5.03. The summed E-state index contributed by atoms with van der Waals surface area (Å²) in [6.07, 6.45) is 4.55. The molecule has 0 radical (unpaired) electrons. The fraction of sp³-hybridized carbons (Fsp3) is 0.136. The number of carbonyl (C=O) groups is 2. The van der Waals surface area contributed by atoms with Crippen LogP contribution >= 0.6 is 0 Å². The molecule has 4 aromatic heterocycles. The van der Waals surface area contributed by atoms with Gasteiger partial charge < -0.3 is 15.1 Å². The van der Waals surface area contributed by atoms with Crippen LogP contribution in [-0.4, -0.2) is 51.6 Å². The summed E-state index contributed by atoms with van der Waals surface area (Å²) in [5, 5.41) is 26.2. The second-order valence-corrected chi connectivity index (χ2v) is 7.48. The van der Waals surface area contributed by atoms with Crippen molar-refractivity contribution in [2.75, 3.05) is 5.32 Å². The predicted octanol–water partition coefficient (Wildman–Crippen LogP) is 1.55. The van der Waals surface area contributed by atoms with Crippen molar-refractivity contribution in [2.45, 2.75) is 13.2 Å². The van der Waals surface area contributed by atoms with Crippen LogP contribution in [0.5, 0.6) is 0 Å². The molecule has 13 heteroatoms. The van der Waals surface area contributed by atoms with E-state index in [-0.39, 0.29) is 30.3 Å². The van der Waals surface area contributed by atoms with E-state index in [0.717, 1.165) is 5.56 Å². The average molecular weight is 472 g/mol. The highest BCUT2D eigenvalue weighted by atomic mass is 16.3. The van der Waals surface area contributed by atoms with Crippen molar-refractivity contribution in [3.8, 4) is 11.4 Å². The van der Waals surface area contributed by atoms with E-state index in [1.165, 1.54) is 26.6 Å². The molecule has 0 unspecified atom stereocenters. The number of nitrogens with one attached hydrogen (secondary N) is 2. The van der Waals surface area contributed by atoms with Gasteiger partial charge in [-0.15, -0.1) is 15.0 Å². The number of hydrogen-bond donors (Lipinski definition) is 2. The number of furan rings is 1. The Kier molecular flexibility index (Phi) is 5.86. The quantitative estimate of drug-likeness (QED) is 0.345. The number of aryl methyl sites for hydroxylation is 1. The highest BCUT2D eigenvalue weighted by Crippen LogP contribution is 2.16. The van der Waals surface area contributed by atoms with Gasteiger partial charge in [-0.1, -0.05) is 30.3 Å². The summed E-state index contributed by atoms with van der Waals surface area (Å²) in [5.74, 6) is 0.196. The van der Waals surface area contributed by atoms with Crippen LogP contribution in [0.1, 0.15) is 26.7 Å². The Morgan fingerprint density at radius 1 is 1.03 bits per heavy atom. The molecule has 1 aromatic carbocycles. The Hall–Kier alpha value is -5.07. The lowest BCUT2D eigenvalue weighted by atomic mass is 10.2. The number of anilines is 1. The molecule has 176 valence electrons. The Labute approximate surface area is 198 Å². The van der Waals surface area contributed by atoms with Gasteiger partial charge in [0.2, 0.25) is 5.82 Å². The third-order valence-corrected chi connectivity index (χ3v) is 5.03. The number of nitrogens with zero attached hydrogens (tertiary/aromatic N) is 8. The fourth-order valence-electron chi connectivity index (χ4n) is 3.35. The number of tetrazole rings is 1. The van der Waals surface area contributed by atoms with Gasteiger partial charge in [-0.05, 0) is 23.4 Å². The minimum absolute atomic E-state index is 0.152. The van der Waals surface area contributed by atoms with Crippen LogP contribution in [0.2, 0.25) is 0 Å². The standard InChI is InChI=1S/C22H20N10O3/c1-30-19(22(34)23-12-16-8-5-11-35-16)18(13-24-30)25-21(33)17-9-10-31(27-17)14-32-28-20(26-29-32)15-6-3-2-4-7-15/h2-11,13H,12,14H2,1H3,(H,23,34)(H,25,33). The molecule has 2 amide bonds. The summed E-state index contributed by atoms with van der Waals surface area (Å²) in [5.41, 5.74) is 1.46. The average Bonchev–Trinajstić information content (AvgIpc) is 3.67. The molecule has 0 saturated heterocycles. The van der Waals surface area contributed by atoms with Crippen molar-refractivity contribution in [3.05, 3.63) is 84.3 Å². The van der Waals surface area contributed by atoms with Crippen LogP contribution in [0.15, 0.2) is 71.6 Å². The highest BCUT2D eigenvalue weighted by Gasteiger charge is 2.20. The Morgan fingerprint density at radius 3 is 2.69 bits per heavy atom. The smallest absolute Gasteiger partial charge is 0.276 e. The highest BCUT2D eigenvalue weighted by molar-refractivity contribution is 6.07. The molecule has 4 heterocycles. The molecule has 0 fully saturated rings. The van der Waals surface area contributed by atoms with Crippen molar-refractivity contribution in [1.82, 2.24) is 45.1 Å². The first kappa shape index (κ1) is 21.8. The number of hydrogen-bond acceptors (Lipinski definition) is 8. The number of benzene rings is 1. The van der Waals surface area contributed by atoms with E-state index < -0.39 is 11.8 Å². The molecule has 0 bridgehead atoms. The largest absolute Gasteiger partial charge is 0.467 e. The van der Waals surface area contributed by atoms with E-state index in [9.17, 15) is 9.59 Å². The van der Waals surface area contributed by atoms with Gasteiger partial charge in [0.15, 0.2) is 12.4 Å². The maximum absolute atomic E-state index is 12.8. The minimum Gasteiger partial charge on any atom is -0.467 e. The number of amides is 2. The zero-order valence-electron chi connectivity index (χ0n) is 18.6. The van der Waals surface area contributed by atoms with E-state index in [4.69, 9.17) is 4.42 Å². The molecule has 0 aliphatic heterocycles. The summed E-state index contributed by atoms with van der Waals surface area (Å²) >= 11 is 0. The van der Waals surface area contributed by atoms with Gasteiger partial charge in [0.1, 0.15) is 11.5 Å². The van der Waals surface area contributed by atoms with Gasteiger partial charge in [0, 0.05) is 18.8 Å². The maximum Gasteiger partial charge on any atom is 0.276 e. The second-order valence-electron chi connectivity index (χ2n) is 7.48. The summed E-state index contributed by atoms with van der Waals surface area (Å²) in [6, 6.07) is 14.5.